The van der Waals surface area contributed by atoms with Gasteiger partial charge in [-0.25, -0.2) is 9.97 Å². The third-order valence-corrected chi connectivity index (χ3v) is 4.56. The first kappa shape index (κ1) is 19.5. The number of hydrogen-bond acceptors (Lipinski definition) is 5. The van der Waals surface area contributed by atoms with E-state index in [9.17, 15) is 4.79 Å². The van der Waals surface area contributed by atoms with Gasteiger partial charge in [0.25, 0.3) is 0 Å². The van der Waals surface area contributed by atoms with E-state index < -0.39 is 0 Å². The SMILES string of the molecule is CCOc1c(Cl)cccc1NC(=O)CCc1c(C)nc(SC)nc1C. The van der Waals surface area contributed by atoms with Crippen LogP contribution in [0.25, 0.3) is 0 Å². The molecule has 0 aliphatic heterocycles. The molecule has 134 valence electrons. The number of para-hydroxylation sites is 1. The van der Waals surface area contributed by atoms with Crippen molar-refractivity contribution in [3.8, 4) is 5.75 Å². The summed E-state index contributed by atoms with van der Waals surface area (Å²) in [6.07, 6.45) is 2.87. The lowest BCUT2D eigenvalue weighted by molar-refractivity contribution is -0.116. The maximum Gasteiger partial charge on any atom is 0.224 e. The number of halogens is 1. The molecule has 2 aromatic rings. The molecule has 1 N–H and O–H groups in total. The van der Waals surface area contributed by atoms with Crippen molar-refractivity contribution in [1.29, 1.82) is 0 Å². The number of rotatable bonds is 7. The van der Waals surface area contributed by atoms with E-state index in [4.69, 9.17) is 16.3 Å². The number of aromatic nitrogens is 2. The fourth-order valence-electron chi connectivity index (χ4n) is 2.51. The molecule has 0 radical (unpaired) electrons. The Morgan fingerprint density at radius 2 is 1.96 bits per heavy atom. The first-order chi connectivity index (χ1) is 12.0. The number of amides is 1. The lowest BCUT2D eigenvalue weighted by atomic mass is 10.1. The van der Waals surface area contributed by atoms with E-state index in [0.29, 0.717) is 35.9 Å². The third kappa shape index (κ3) is 5.09. The highest BCUT2D eigenvalue weighted by molar-refractivity contribution is 7.98. The molecule has 0 unspecified atom stereocenters. The standard InChI is InChI=1S/C18H22ClN3O2S/c1-5-24-17-14(19)7-6-8-15(17)22-16(23)10-9-13-11(2)20-18(25-4)21-12(13)3/h6-8H,5,9-10H2,1-4H3,(H,22,23). The van der Waals surface area contributed by atoms with Crippen LogP contribution in [0.1, 0.15) is 30.3 Å². The van der Waals surface area contributed by atoms with E-state index in [1.807, 2.05) is 27.0 Å². The molecule has 1 amide bonds. The summed E-state index contributed by atoms with van der Waals surface area (Å²) in [5.41, 5.74) is 3.44. The molecule has 7 heteroatoms. The molecule has 0 bridgehead atoms. The van der Waals surface area contributed by atoms with Crippen LogP contribution in [0, 0.1) is 13.8 Å². The number of aryl methyl sites for hydroxylation is 2. The molecule has 2 rings (SSSR count). The van der Waals surface area contributed by atoms with Crippen LogP contribution in [0.3, 0.4) is 0 Å². The van der Waals surface area contributed by atoms with Gasteiger partial charge in [0.05, 0.1) is 17.3 Å². The Morgan fingerprint density at radius 3 is 2.56 bits per heavy atom. The number of nitrogens with one attached hydrogen (secondary N) is 1. The van der Waals surface area contributed by atoms with E-state index in [-0.39, 0.29) is 5.91 Å². The Labute approximate surface area is 157 Å². The smallest absolute Gasteiger partial charge is 0.224 e. The van der Waals surface area contributed by atoms with Crippen LogP contribution in [-0.2, 0) is 11.2 Å². The summed E-state index contributed by atoms with van der Waals surface area (Å²) >= 11 is 7.65. The summed E-state index contributed by atoms with van der Waals surface area (Å²) in [5, 5.41) is 4.11. The van der Waals surface area contributed by atoms with E-state index in [2.05, 4.69) is 15.3 Å². The molecule has 0 aliphatic rings. The van der Waals surface area contributed by atoms with Crippen molar-refractivity contribution in [3.05, 3.63) is 40.2 Å². The molecule has 0 saturated heterocycles. The minimum absolute atomic E-state index is 0.101. The Morgan fingerprint density at radius 1 is 1.28 bits per heavy atom. The number of anilines is 1. The van der Waals surface area contributed by atoms with Gasteiger partial charge in [-0.2, -0.15) is 0 Å². The summed E-state index contributed by atoms with van der Waals surface area (Å²) in [7, 11) is 0. The Kier molecular flexibility index (Phi) is 7.08. The molecule has 0 fully saturated rings. The average molecular weight is 380 g/mol. The van der Waals surface area contributed by atoms with Crippen molar-refractivity contribution < 1.29 is 9.53 Å². The van der Waals surface area contributed by atoms with Crippen molar-refractivity contribution in [1.82, 2.24) is 9.97 Å². The van der Waals surface area contributed by atoms with Gasteiger partial charge < -0.3 is 10.1 Å². The van der Waals surface area contributed by atoms with Crippen molar-refractivity contribution in [3.63, 3.8) is 0 Å². The number of ether oxygens (including phenoxy) is 1. The second-order valence-corrected chi connectivity index (χ2v) is 6.64. The highest BCUT2D eigenvalue weighted by Gasteiger charge is 2.13. The van der Waals surface area contributed by atoms with Gasteiger partial charge >= 0.3 is 0 Å². The zero-order chi connectivity index (χ0) is 18.4. The Hall–Kier alpha value is -1.79. The minimum Gasteiger partial charge on any atom is -0.490 e. The van der Waals surface area contributed by atoms with Crippen LogP contribution in [0.2, 0.25) is 5.02 Å². The number of nitrogens with zero attached hydrogens (tertiary/aromatic N) is 2. The molecule has 1 aromatic carbocycles. The highest BCUT2D eigenvalue weighted by Crippen LogP contribution is 2.33. The van der Waals surface area contributed by atoms with E-state index in [0.717, 1.165) is 22.1 Å². The summed E-state index contributed by atoms with van der Waals surface area (Å²) in [4.78, 5) is 21.2. The maximum atomic E-state index is 12.3. The molecule has 5 nitrogen and oxygen atoms in total. The lowest BCUT2D eigenvalue weighted by Gasteiger charge is -2.13. The van der Waals surface area contributed by atoms with Crippen LogP contribution in [0.15, 0.2) is 23.4 Å². The first-order valence-electron chi connectivity index (χ1n) is 8.05. The quantitative estimate of drug-likeness (QED) is 0.569. The summed E-state index contributed by atoms with van der Waals surface area (Å²) in [6.45, 7) is 6.25. The number of carbonyl (C=O) groups excluding carboxylic acids is 1. The van der Waals surface area contributed by atoms with Crippen LogP contribution in [0.4, 0.5) is 5.69 Å². The van der Waals surface area contributed by atoms with Gasteiger partial charge in [0.1, 0.15) is 0 Å². The predicted octanol–water partition coefficient (Wildman–Crippen LogP) is 4.44. The molecule has 0 atom stereocenters. The van der Waals surface area contributed by atoms with Crippen LogP contribution in [-0.4, -0.2) is 28.7 Å². The summed E-state index contributed by atoms with van der Waals surface area (Å²) in [6, 6.07) is 5.30. The van der Waals surface area contributed by atoms with Crippen LogP contribution < -0.4 is 10.1 Å². The fraction of sp³-hybridized carbons (Fsp3) is 0.389. The Bertz CT molecular complexity index is 745. The monoisotopic (exact) mass is 379 g/mol. The minimum atomic E-state index is -0.101. The van der Waals surface area contributed by atoms with Crippen molar-refractivity contribution >= 4 is 35.0 Å². The second-order valence-electron chi connectivity index (χ2n) is 5.46. The molecule has 1 heterocycles. The van der Waals surface area contributed by atoms with Crippen LogP contribution in [0.5, 0.6) is 5.75 Å². The lowest BCUT2D eigenvalue weighted by Crippen LogP contribution is -2.14. The molecule has 0 spiro atoms. The van der Waals surface area contributed by atoms with Gasteiger partial charge in [0, 0.05) is 17.8 Å². The molecule has 25 heavy (non-hydrogen) atoms. The summed E-state index contributed by atoms with van der Waals surface area (Å²) < 4.78 is 5.53. The highest BCUT2D eigenvalue weighted by atomic mass is 35.5. The van der Waals surface area contributed by atoms with Gasteiger partial charge in [0.2, 0.25) is 5.91 Å². The van der Waals surface area contributed by atoms with E-state index in [1.54, 1.807) is 18.2 Å². The first-order valence-corrected chi connectivity index (χ1v) is 9.65. The average Bonchev–Trinajstić information content (AvgIpc) is 2.57. The number of benzene rings is 1. The largest absolute Gasteiger partial charge is 0.490 e. The molecule has 0 aliphatic carbocycles. The van der Waals surface area contributed by atoms with Crippen molar-refractivity contribution in [2.75, 3.05) is 18.2 Å². The molecule has 1 aromatic heterocycles. The number of carbonyl (C=O) groups is 1. The van der Waals surface area contributed by atoms with Gasteiger partial charge in [-0.05, 0) is 51.1 Å². The summed E-state index contributed by atoms with van der Waals surface area (Å²) in [5.74, 6) is 0.399. The second kappa shape index (κ2) is 9.06. The van der Waals surface area contributed by atoms with Gasteiger partial charge in [-0.3, -0.25) is 4.79 Å². The van der Waals surface area contributed by atoms with Crippen LogP contribution >= 0.6 is 23.4 Å². The molecule has 0 saturated carbocycles. The molecular weight excluding hydrogens is 358 g/mol. The topological polar surface area (TPSA) is 64.1 Å². The van der Waals surface area contributed by atoms with E-state index in [1.165, 1.54) is 11.8 Å². The normalized spacial score (nSPS) is 10.6. The number of thioether (sulfide) groups is 1. The van der Waals surface area contributed by atoms with Gasteiger partial charge in [0.15, 0.2) is 10.9 Å². The van der Waals surface area contributed by atoms with Gasteiger partial charge in [-0.15, -0.1) is 0 Å². The zero-order valence-electron chi connectivity index (χ0n) is 14.9. The van der Waals surface area contributed by atoms with Crippen molar-refractivity contribution in [2.45, 2.75) is 38.8 Å². The Balaban J connectivity index is 2.06. The zero-order valence-corrected chi connectivity index (χ0v) is 16.4. The third-order valence-electron chi connectivity index (χ3n) is 3.71. The van der Waals surface area contributed by atoms with Crippen molar-refractivity contribution in [2.24, 2.45) is 0 Å². The fourth-order valence-corrected chi connectivity index (χ4v) is 3.20. The predicted molar refractivity (Wildman–Crippen MR) is 103 cm³/mol. The van der Waals surface area contributed by atoms with Gasteiger partial charge in [-0.1, -0.05) is 29.4 Å². The maximum absolute atomic E-state index is 12.3. The number of hydrogen-bond donors (Lipinski definition) is 1. The molecular formula is C18H22ClN3O2S. The van der Waals surface area contributed by atoms with E-state index >= 15 is 0 Å².